The maximum absolute atomic E-state index is 11.6. The third kappa shape index (κ3) is 2.26. The van der Waals surface area contributed by atoms with Crippen LogP contribution in [0.3, 0.4) is 0 Å². The summed E-state index contributed by atoms with van der Waals surface area (Å²) in [4.78, 5) is 11.6. The minimum atomic E-state index is -0.671. The Bertz CT molecular complexity index is 435. The summed E-state index contributed by atoms with van der Waals surface area (Å²) in [6, 6.07) is 8.05. The van der Waals surface area contributed by atoms with Crippen molar-refractivity contribution >= 4 is 5.97 Å². The highest BCUT2D eigenvalue weighted by Crippen LogP contribution is 2.41. The fraction of sp³-hybridized carbons (Fsp3) is 0.400. The largest absolute Gasteiger partial charge is 0.481 e. The van der Waals surface area contributed by atoms with Gasteiger partial charge in [0.2, 0.25) is 0 Å². The van der Waals surface area contributed by atoms with Crippen LogP contribution in [0.5, 0.6) is 0 Å². The van der Waals surface area contributed by atoms with Crippen molar-refractivity contribution < 1.29 is 9.90 Å². The molecule has 0 saturated heterocycles. The molecule has 1 N–H and O–H groups in total. The number of fused-ring (bicyclic) bond motifs is 1. The van der Waals surface area contributed by atoms with Gasteiger partial charge in [-0.1, -0.05) is 29.8 Å². The van der Waals surface area contributed by atoms with Gasteiger partial charge in [0.1, 0.15) is 0 Å². The summed E-state index contributed by atoms with van der Waals surface area (Å²) in [7, 11) is 0. The Morgan fingerprint density at radius 1 is 1.35 bits per heavy atom. The van der Waals surface area contributed by atoms with Crippen molar-refractivity contribution in [2.24, 2.45) is 5.41 Å². The summed E-state index contributed by atoms with van der Waals surface area (Å²) in [5, 5.41) is 9.52. The van der Waals surface area contributed by atoms with Gasteiger partial charge in [0.05, 0.1) is 5.41 Å². The van der Waals surface area contributed by atoms with Crippen LogP contribution in [0.4, 0.5) is 0 Å². The maximum Gasteiger partial charge on any atom is 0.310 e. The van der Waals surface area contributed by atoms with E-state index in [9.17, 15) is 9.90 Å². The number of hydrogen-bond donors (Lipinski definition) is 1. The van der Waals surface area contributed by atoms with E-state index in [4.69, 9.17) is 0 Å². The average molecular weight is 230 g/mol. The fourth-order valence-corrected chi connectivity index (χ4v) is 2.58. The zero-order valence-electron chi connectivity index (χ0n) is 10.2. The number of aliphatic carboxylic acids is 1. The predicted molar refractivity (Wildman–Crippen MR) is 68.0 cm³/mol. The SMILES string of the molecule is C=C(C)CCC1(C(=O)O)Cc2ccccc2C1. The second kappa shape index (κ2) is 4.36. The lowest BCUT2D eigenvalue weighted by atomic mass is 9.79. The second-order valence-electron chi connectivity index (χ2n) is 5.16. The van der Waals surface area contributed by atoms with Gasteiger partial charge in [-0.05, 0) is 43.7 Å². The lowest BCUT2D eigenvalue weighted by Gasteiger charge is -2.23. The average Bonchev–Trinajstić information content (AvgIpc) is 2.66. The molecule has 1 aliphatic rings. The Balaban J connectivity index is 2.23. The third-order valence-corrected chi connectivity index (χ3v) is 3.66. The van der Waals surface area contributed by atoms with Crippen molar-refractivity contribution in [1.82, 2.24) is 0 Å². The first kappa shape index (κ1) is 11.9. The standard InChI is InChI=1S/C15H18O2/c1-11(2)7-8-15(14(16)17)9-12-5-3-4-6-13(12)10-15/h3-6H,1,7-10H2,2H3,(H,16,17). The van der Waals surface area contributed by atoms with Crippen molar-refractivity contribution in [3.63, 3.8) is 0 Å². The molecule has 1 aromatic rings. The van der Waals surface area contributed by atoms with Crippen LogP contribution < -0.4 is 0 Å². The summed E-state index contributed by atoms with van der Waals surface area (Å²) in [5.74, 6) is -0.671. The van der Waals surface area contributed by atoms with Gasteiger partial charge in [0.15, 0.2) is 0 Å². The normalized spacial score (nSPS) is 16.5. The molecule has 0 fully saturated rings. The van der Waals surface area contributed by atoms with Gasteiger partial charge >= 0.3 is 5.97 Å². The van der Waals surface area contributed by atoms with Gasteiger partial charge < -0.3 is 5.11 Å². The van der Waals surface area contributed by atoms with E-state index >= 15 is 0 Å². The molecule has 2 nitrogen and oxygen atoms in total. The Morgan fingerprint density at radius 2 is 1.88 bits per heavy atom. The van der Waals surface area contributed by atoms with E-state index in [1.54, 1.807) is 0 Å². The van der Waals surface area contributed by atoms with Gasteiger partial charge in [-0.2, -0.15) is 0 Å². The summed E-state index contributed by atoms with van der Waals surface area (Å²) >= 11 is 0. The minimum Gasteiger partial charge on any atom is -0.481 e. The number of allylic oxidation sites excluding steroid dienone is 1. The molecule has 17 heavy (non-hydrogen) atoms. The molecule has 1 aromatic carbocycles. The van der Waals surface area contributed by atoms with E-state index in [0.29, 0.717) is 19.3 Å². The highest BCUT2D eigenvalue weighted by atomic mass is 16.4. The molecule has 0 amide bonds. The van der Waals surface area contributed by atoms with Gasteiger partial charge in [0.25, 0.3) is 0 Å². The number of hydrogen-bond acceptors (Lipinski definition) is 1. The molecule has 0 spiro atoms. The molecule has 0 bridgehead atoms. The van der Waals surface area contributed by atoms with Gasteiger partial charge in [-0.25, -0.2) is 0 Å². The van der Waals surface area contributed by atoms with E-state index in [1.165, 1.54) is 11.1 Å². The van der Waals surface area contributed by atoms with Crippen molar-refractivity contribution in [2.75, 3.05) is 0 Å². The van der Waals surface area contributed by atoms with E-state index in [1.807, 2.05) is 31.2 Å². The monoisotopic (exact) mass is 230 g/mol. The lowest BCUT2D eigenvalue weighted by molar-refractivity contribution is -0.148. The van der Waals surface area contributed by atoms with Crippen molar-refractivity contribution in [3.8, 4) is 0 Å². The topological polar surface area (TPSA) is 37.3 Å². The molecule has 90 valence electrons. The first-order valence-electron chi connectivity index (χ1n) is 5.98. The molecule has 2 rings (SSSR count). The Hall–Kier alpha value is -1.57. The van der Waals surface area contributed by atoms with Crippen LogP contribution in [0.1, 0.15) is 30.9 Å². The van der Waals surface area contributed by atoms with E-state index in [-0.39, 0.29) is 0 Å². The summed E-state index contributed by atoms with van der Waals surface area (Å²) in [6.45, 7) is 5.82. The van der Waals surface area contributed by atoms with E-state index < -0.39 is 11.4 Å². The molecule has 0 saturated carbocycles. The zero-order chi connectivity index (χ0) is 12.5. The van der Waals surface area contributed by atoms with Gasteiger partial charge in [-0.3, -0.25) is 4.79 Å². The molecule has 0 aromatic heterocycles. The number of carboxylic acid groups (broad SMARTS) is 1. The van der Waals surface area contributed by atoms with Crippen molar-refractivity contribution in [1.29, 1.82) is 0 Å². The van der Waals surface area contributed by atoms with E-state index in [0.717, 1.165) is 12.0 Å². The summed E-state index contributed by atoms with van der Waals surface area (Å²) < 4.78 is 0. The van der Waals surface area contributed by atoms with Gasteiger partial charge in [0, 0.05) is 0 Å². The van der Waals surface area contributed by atoms with Gasteiger partial charge in [-0.15, -0.1) is 6.58 Å². The number of benzene rings is 1. The number of carboxylic acids is 1. The predicted octanol–water partition coefficient (Wildman–Crippen LogP) is 3.21. The molecule has 0 atom stereocenters. The Morgan fingerprint density at radius 3 is 2.29 bits per heavy atom. The first-order chi connectivity index (χ1) is 8.03. The highest BCUT2D eigenvalue weighted by Gasteiger charge is 2.43. The molecule has 1 aliphatic carbocycles. The molecular formula is C15H18O2. The number of rotatable bonds is 4. The van der Waals surface area contributed by atoms with Crippen LogP contribution >= 0.6 is 0 Å². The first-order valence-corrected chi connectivity index (χ1v) is 5.98. The zero-order valence-corrected chi connectivity index (χ0v) is 10.2. The molecule has 0 heterocycles. The lowest BCUT2D eigenvalue weighted by Crippen LogP contribution is -2.31. The Labute approximate surface area is 102 Å². The van der Waals surface area contributed by atoms with Crippen LogP contribution in [-0.2, 0) is 17.6 Å². The molecule has 0 unspecified atom stereocenters. The highest BCUT2D eigenvalue weighted by molar-refractivity contribution is 5.77. The molecule has 0 aliphatic heterocycles. The molecule has 0 radical (unpaired) electrons. The summed E-state index contributed by atoms with van der Waals surface area (Å²) in [6.07, 6.45) is 2.80. The smallest absolute Gasteiger partial charge is 0.310 e. The van der Waals surface area contributed by atoms with Crippen LogP contribution in [0.2, 0.25) is 0 Å². The Kier molecular flexibility index (Phi) is 3.05. The van der Waals surface area contributed by atoms with Crippen LogP contribution in [-0.4, -0.2) is 11.1 Å². The van der Waals surface area contributed by atoms with Crippen LogP contribution in [0.25, 0.3) is 0 Å². The minimum absolute atomic E-state index is 0.608. The second-order valence-corrected chi connectivity index (χ2v) is 5.16. The summed E-state index contributed by atoms with van der Waals surface area (Å²) in [5.41, 5.74) is 2.83. The van der Waals surface area contributed by atoms with E-state index in [2.05, 4.69) is 6.58 Å². The molecule has 2 heteroatoms. The van der Waals surface area contributed by atoms with Crippen LogP contribution in [0.15, 0.2) is 36.4 Å². The number of carbonyl (C=O) groups is 1. The quantitative estimate of drug-likeness (QED) is 0.806. The van der Waals surface area contributed by atoms with Crippen LogP contribution in [0, 0.1) is 5.41 Å². The fourth-order valence-electron chi connectivity index (χ4n) is 2.58. The van der Waals surface area contributed by atoms with Crippen molar-refractivity contribution in [2.45, 2.75) is 32.6 Å². The van der Waals surface area contributed by atoms with Crippen molar-refractivity contribution in [3.05, 3.63) is 47.5 Å². The maximum atomic E-state index is 11.6. The molecular weight excluding hydrogens is 212 g/mol. The third-order valence-electron chi connectivity index (χ3n) is 3.66.